The Morgan fingerprint density at radius 1 is 1.08 bits per heavy atom. The molecule has 0 spiro atoms. The maximum absolute atomic E-state index is 12.5. The van der Waals surface area contributed by atoms with Crippen LogP contribution in [0.15, 0.2) is 71.5 Å². The van der Waals surface area contributed by atoms with Crippen LogP contribution in [0.25, 0.3) is 22.0 Å². The lowest BCUT2D eigenvalue weighted by Gasteiger charge is -2.09. The van der Waals surface area contributed by atoms with Crippen LogP contribution in [0.2, 0.25) is 0 Å². The third-order valence-electron chi connectivity index (χ3n) is 3.94. The molecule has 1 aliphatic rings. The van der Waals surface area contributed by atoms with Gasteiger partial charge in [0.1, 0.15) is 5.69 Å². The quantitative estimate of drug-likeness (QED) is 0.695. The molecule has 24 heavy (non-hydrogen) atoms. The lowest BCUT2D eigenvalue weighted by molar-refractivity contribution is 0.0961. The van der Waals surface area contributed by atoms with E-state index < -0.39 is 0 Å². The molecule has 0 bridgehead atoms. The number of benzene rings is 2. The summed E-state index contributed by atoms with van der Waals surface area (Å²) in [6.45, 7) is 0.467. The van der Waals surface area contributed by atoms with E-state index in [2.05, 4.69) is 38.8 Å². The number of nitrogens with zero attached hydrogens (tertiary/aromatic N) is 1. The second kappa shape index (κ2) is 6.04. The number of aliphatic imine (C=N–C) groups is 1. The van der Waals surface area contributed by atoms with Gasteiger partial charge in [0.05, 0.1) is 24.1 Å². The van der Waals surface area contributed by atoms with Crippen LogP contribution in [0.4, 0.5) is 0 Å². The topological polar surface area (TPSA) is 69.3 Å². The number of aromatic amines is 1. The zero-order chi connectivity index (χ0) is 16.4. The van der Waals surface area contributed by atoms with E-state index in [0.717, 1.165) is 27.7 Å². The molecule has 0 aliphatic carbocycles. The molecule has 5 heteroatoms. The Morgan fingerprint density at radius 3 is 2.75 bits per heavy atom. The first-order valence-electron chi connectivity index (χ1n) is 7.73. The number of hydrogen-bond acceptors (Lipinski definition) is 3. The van der Waals surface area contributed by atoms with Crippen LogP contribution >= 0.6 is 0 Å². The molecule has 3 aromatic rings. The molecule has 118 valence electrons. The highest BCUT2D eigenvalue weighted by atomic mass is 16.1. The molecule has 2 heterocycles. The van der Waals surface area contributed by atoms with Crippen molar-refractivity contribution in [3.05, 3.63) is 72.2 Å². The van der Waals surface area contributed by atoms with Gasteiger partial charge in [0, 0.05) is 17.1 Å². The maximum atomic E-state index is 12.5. The lowest BCUT2D eigenvalue weighted by Crippen LogP contribution is -2.28. The Hall–Kier alpha value is -3.34. The minimum absolute atomic E-state index is 0.171. The number of amides is 1. The molecule has 5 nitrogen and oxygen atoms in total. The van der Waals surface area contributed by atoms with Gasteiger partial charge in [-0.2, -0.15) is 0 Å². The summed E-state index contributed by atoms with van der Waals surface area (Å²) in [5, 5.41) is 6.75. The van der Waals surface area contributed by atoms with Crippen molar-refractivity contribution in [1.29, 1.82) is 0 Å². The van der Waals surface area contributed by atoms with Crippen molar-refractivity contribution in [2.45, 2.75) is 0 Å². The second-order valence-corrected chi connectivity index (χ2v) is 5.58. The van der Waals surface area contributed by atoms with Crippen LogP contribution in [0.5, 0.6) is 0 Å². The van der Waals surface area contributed by atoms with Gasteiger partial charge >= 0.3 is 0 Å². The fourth-order valence-corrected chi connectivity index (χ4v) is 2.81. The van der Waals surface area contributed by atoms with Crippen molar-refractivity contribution in [2.24, 2.45) is 4.99 Å². The summed E-state index contributed by atoms with van der Waals surface area (Å²) < 4.78 is 0. The Morgan fingerprint density at radius 2 is 1.96 bits per heavy atom. The Labute approximate surface area is 139 Å². The average Bonchev–Trinajstić information content (AvgIpc) is 3.08. The molecule has 0 unspecified atom stereocenters. The van der Waals surface area contributed by atoms with Gasteiger partial charge in [-0.1, -0.05) is 48.5 Å². The molecule has 0 saturated carbocycles. The van der Waals surface area contributed by atoms with Gasteiger partial charge in [0.25, 0.3) is 5.91 Å². The van der Waals surface area contributed by atoms with Crippen molar-refractivity contribution in [3.8, 4) is 11.1 Å². The van der Waals surface area contributed by atoms with Crippen LogP contribution in [-0.2, 0) is 0 Å². The standard InChI is InChI=1S/C19H16N4O/c24-19(22-15-10-20-12-21-11-15)17-9-14-7-4-8-16(18(14)23-17)13-5-2-1-3-6-13/h1-10,12,23H,11H2,(H,20,21)(H,22,24). The van der Waals surface area contributed by atoms with Gasteiger partial charge in [0.15, 0.2) is 0 Å². The molecule has 1 aromatic heterocycles. The third kappa shape index (κ3) is 2.67. The van der Waals surface area contributed by atoms with Gasteiger partial charge < -0.3 is 15.6 Å². The van der Waals surface area contributed by atoms with Crippen molar-refractivity contribution in [3.63, 3.8) is 0 Å². The van der Waals surface area contributed by atoms with Crippen LogP contribution < -0.4 is 10.6 Å². The van der Waals surface area contributed by atoms with Crippen molar-refractivity contribution in [2.75, 3.05) is 6.54 Å². The number of nitrogens with one attached hydrogen (secondary N) is 3. The molecule has 4 rings (SSSR count). The molecule has 0 atom stereocenters. The molecule has 1 amide bonds. The lowest BCUT2D eigenvalue weighted by atomic mass is 10.0. The van der Waals surface area contributed by atoms with E-state index in [1.807, 2.05) is 36.4 Å². The summed E-state index contributed by atoms with van der Waals surface area (Å²) in [4.78, 5) is 19.8. The van der Waals surface area contributed by atoms with E-state index in [1.165, 1.54) is 0 Å². The predicted octanol–water partition coefficient (Wildman–Crippen LogP) is 3.04. The maximum Gasteiger partial charge on any atom is 0.271 e. The van der Waals surface area contributed by atoms with E-state index in [9.17, 15) is 4.79 Å². The number of H-pyrrole nitrogens is 1. The highest BCUT2D eigenvalue weighted by Crippen LogP contribution is 2.28. The highest BCUT2D eigenvalue weighted by molar-refractivity contribution is 6.02. The number of carbonyl (C=O) groups excluding carboxylic acids is 1. The van der Waals surface area contributed by atoms with E-state index in [0.29, 0.717) is 12.2 Å². The predicted molar refractivity (Wildman–Crippen MR) is 95.8 cm³/mol. The van der Waals surface area contributed by atoms with Crippen LogP contribution in [-0.4, -0.2) is 23.8 Å². The summed E-state index contributed by atoms with van der Waals surface area (Å²) in [6.07, 6.45) is 3.34. The number of rotatable bonds is 3. The molecule has 3 N–H and O–H groups in total. The van der Waals surface area contributed by atoms with E-state index in [1.54, 1.807) is 12.5 Å². The largest absolute Gasteiger partial charge is 0.351 e. The first-order chi connectivity index (χ1) is 11.8. The van der Waals surface area contributed by atoms with Gasteiger partial charge in [-0.15, -0.1) is 0 Å². The molecular formula is C19H16N4O. The van der Waals surface area contributed by atoms with Crippen LogP contribution in [0, 0.1) is 0 Å². The van der Waals surface area contributed by atoms with E-state index in [4.69, 9.17) is 0 Å². The van der Waals surface area contributed by atoms with Crippen molar-refractivity contribution < 1.29 is 4.79 Å². The highest BCUT2D eigenvalue weighted by Gasteiger charge is 2.13. The SMILES string of the molecule is O=C(NC1=CNC=NC1)c1cc2cccc(-c3ccccc3)c2[nH]1. The summed E-state index contributed by atoms with van der Waals surface area (Å²) >= 11 is 0. The minimum atomic E-state index is -0.171. The zero-order valence-electron chi connectivity index (χ0n) is 12.9. The van der Waals surface area contributed by atoms with Crippen molar-refractivity contribution >= 4 is 23.1 Å². The summed E-state index contributed by atoms with van der Waals surface area (Å²) in [5.41, 5.74) is 4.43. The third-order valence-corrected chi connectivity index (χ3v) is 3.94. The average molecular weight is 316 g/mol. The second-order valence-electron chi connectivity index (χ2n) is 5.58. The number of aromatic nitrogens is 1. The molecule has 0 saturated heterocycles. The summed E-state index contributed by atoms with van der Waals surface area (Å²) in [6, 6.07) is 18.1. The first kappa shape index (κ1) is 14.3. The normalized spacial score (nSPS) is 13.4. The van der Waals surface area contributed by atoms with Gasteiger partial charge in [0.2, 0.25) is 0 Å². The molecule has 0 fully saturated rings. The van der Waals surface area contributed by atoms with E-state index in [-0.39, 0.29) is 5.91 Å². The Balaban J connectivity index is 1.68. The molecule has 1 aliphatic heterocycles. The number of hydrogen-bond donors (Lipinski definition) is 3. The molecule has 0 radical (unpaired) electrons. The van der Waals surface area contributed by atoms with Crippen LogP contribution in [0.3, 0.4) is 0 Å². The first-order valence-corrected chi connectivity index (χ1v) is 7.73. The Bertz CT molecular complexity index is 954. The minimum Gasteiger partial charge on any atom is -0.351 e. The fraction of sp³-hybridized carbons (Fsp3) is 0.0526. The summed E-state index contributed by atoms with van der Waals surface area (Å²) in [5.74, 6) is -0.171. The molecule has 2 aromatic carbocycles. The van der Waals surface area contributed by atoms with Gasteiger partial charge in [-0.3, -0.25) is 9.79 Å². The monoisotopic (exact) mass is 316 g/mol. The van der Waals surface area contributed by atoms with Gasteiger partial charge in [-0.25, -0.2) is 0 Å². The van der Waals surface area contributed by atoms with Crippen molar-refractivity contribution in [1.82, 2.24) is 15.6 Å². The number of fused-ring (bicyclic) bond motifs is 1. The smallest absolute Gasteiger partial charge is 0.271 e. The van der Waals surface area contributed by atoms with Crippen LogP contribution in [0.1, 0.15) is 10.5 Å². The number of carbonyl (C=O) groups is 1. The zero-order valence-corrected chi connectivity index (χ0v) is 12.9. The summed E-state index contributed by atoms with van der Waals surface area (Å²) in [7, 11) is 0. The molecular weight excluding hydrogens is 300 g/mol. The van der Waals surface area contributed by atoms with E-state index >= 15 is 0 Å². The Kier molecular flexibility index (Phi) is 3.59. The van der Waals surface area contributed by atoms with Gasteiger partial charge in [-0.05, 0) is 11.6 Å². The number of para-hydroxylation sites is 1. The fourth-order valence-electron chi connectivity index (χ4n) is 2.81.